The molecule has 1 amide bonds. The van der Waals surface area contributed by atoms with Crippen LogP contribution in [0.4, 0.5) is 0 Å². The molecule has 0 saturated carbocycles. The van der Waals surface area contributed by atoms with Gasteiger partial charge in [-0.05, 0) is 34.9 Å². The van der Waals surface area contributed by atoms with Gasteiger partial charge in [-0.15, -0.1) is 23.5 Å². The van der Waals surface area contributed by atoms with E-state index in [0.717, 1.165) is 31.5 Å². The number of carbonyl (C=O) groups excluding carboxylic acids is 4. The first kappa shape index (κ1) is 113. The highest BCUT2D eigenvalue weighted by atomic mass is 35.5. The van der Waals surface area contributed by atoms with Crippen molar-refractivity contribution in [2.45, 2.75) is 22.9 Å². The van der Waals surface area contributed by atoms with E-state index in [1.165, 1.54) is 50.9 Å². The molecular formula is C24H27ClN2O6S70. The molecule has 596 valence electrons. The lowest BCUT2D eigenvalue weighted by Crippen LogP contribution is -2.37. The number of thioether (sulfide) groups is 2. The summed E-state index contributed by atoms with van der Waals surface area (Å²) in [5, 5.41) is 2.29. The first-order valence-corrected chi connectivity index (χ1v) is 113. The Kier molecular flexibility index (Phi) is 105. The average Bonchev–Trinajstić information content (AvgIpc) is 1.79. The van der Waals surface area contributed by atoms with Crippen molar-refractivity contribution in [3.8, 4) is 0 Å². The van der Waals surface area contributed by atoms with Gasteiger partial charge in [0.05, 0.1) is 14.2 Å². The van der Waals surface area contributed by atoms with Crippen molar-refractivity contribution in [3.05, 3.63) is 59.7 Å². The number of carbonyl (C=O) groups is 4. The summed E-state index contributed by atoms with van der Waals surface area (Å²) in [6.07, 6.45) is 0. The molecule has 0 radical (unpaired) electrons. The van der Waals surface area contributed by atoms with Gasteiger partial charge in [-0.25, -0.2) is 9.59 Å². The zero-order valence-corrected chi connectivity index (χ0v) is 105. The number of nitrogens with one attached hydrogen (secondary N) is 1. The molecule has 2 aliphatic rings. The summed E-state index contributed by atoms with van der Waals surface area (Å²) < 4.78 is 8.35. The number of esters is 2. The Morgan fingerprint density at radius 3 is 0.796 bits per heavy atom. The first-order chi connectivity index (χ1) is 50.8. The summed E-state index contributed by atoms with van der Waals surface area (Å²) in [4.78, 5) is 46.6. The van der Waals surface area contributed by atoms with Crippen LogP contribution >= 0.6 is 35.1 Å². The van der Waals surface area contributed by atoms with E-state index in [1.807, 2.05) is 498 Å². The lowest BCUT2D eigenvalue weighted by atomic mass is 10.2. The van der Waals surface area contributed by atoms with Crippen LogP contribution in [0.1, 0.15) is 11.1 Å². The highest BCUT2D eigenvalue weighted by molar-refractivity contribution is 8.84. The van der Waals surface area contributed by atoms with Gasteiger partial charge in [0, 0.05) is 656 Å². The van der Waals surface area contributed by atoms with E-state index < -0.39 is 23.1 Å². The molecule has 0 aliphatic carbocycles. The van der Waals surface area contributed by atoms with Crippen molar-refractivity contribution in [1.29, 1.82) is 0 Å². The van der Waals surface area contributed by atoms with Crippen molar-refractivity contribution in [2.24, 2.45) is 0 Å². The number of ether oxygens (including phenoxy) is 2. The second-order valence-electron chi connectivity index (χ2n) is 11.6. The van der Waals surface area contributed by atoms with E-state index >= 15 is 0 Å². The number of halogens is 1. The minimum absolute atomic E-state index is 0.469. The van der Waals surface area contributed by atoms with Gasteiger partial charge >= 0.3 is 23.1 Å². The van der Waals surface area contributed by atoms with E-state index in [-0.39, 0.29) is 0 Å². The van der Waals surface area contributed by atoms with Gasteiger partial charge in [0.1, 0.15) is 0 Å². The van der Waals surface area contributed by atoms with Gasteiger partial charge in [-0.3, -0.25) is 9.59 Å². The molecule has 0 bridgehead atoms. The van der Waals surface area contributed by atoms with E-state index in [9.17, 15) is 19.2 Å². The zero-order valence-electron chi connectivity index (χ0n) is 47.2. The minimum Gasteiger partial charge on any atom is -0.462 e. The van der Waals surface area contributed by atoms with E-state index in [0.29, 0.717) is 13.1 Å². The third kappa shape index (κ3) is 81.2. The van der Waals surface area contributed by atoms with Crippen molar-refractivity contribution >= 4 is 667 Å². The maximum atomic E-state index is 11.7. The summed E-state index contributed by atoms with van der Waals surface area (Å²) in [6.45, 7) is 3.19. The van der Waals surface area contributed by atoms with Crippen molar-refractivity contribution < 1.29 is 28.7 Å². The van der Waals surface area contributed by atoms with E-state index in [1.54, 1.807) is 118 Å². The molecule has 2 aliphatic heterocycles. The molecular weight excluding hydrogens is 2690 g/mol. The molecule has 0 atom stereocenters. The average molecular weight is 2720 g/mol. The van der Waals surface area contributed by atoms with Crippen molar-refractivity contribution in [1.82, 2.24) is 10.2 Å². The smallest absolute Gasteiger partial charge is 0.396 e. The molecule has 103 heavy (non-hydrogen) atoms. The van der Waals surface area contributed by atoms with Crippen molar-refractivity contribution in [3.63, 3.8) is 0 Å². The van der Waals surface area contributed by atoms with Crippen LogP contribution in [0.15, 0.2) is 58.3 Å². The van der Waals surface area contributed by atoms with Crippen LogP contribution in [0.25, 0.3) is 0 Å². The highest BCUT2D eigenvalue weighted by Gasteiger charge is 2.25. The molecule has 2 heterocycles. The first-order valence-electron chi connectivity index (χ1n) is 21.8. The molecule has 2 aromatic carbocycles. The Bertz CT molecular complexity index is 6370. The maximum absolute atomic E-state index is 11.7. The molecule has 0 unspecified atom stereocenters. The molecule has 0 saturated heterocycles. The fourth-order valence-electron chi connectivity index (χ4n) is 3.77. The van der Waals surface area contributed by atoms with Gasteiger partial charge in [0.15, 0.2) is 0 Å². The number of hydrogen-bond donors (Lipinski definition) is 1. The van der Waals surface area contributed by atoms with Gasteiger partial charge in [0.25, 0.3) is 0 Å². The van der Waals surface area contributed by atoms with Crippen LogP contribution in [0.2, 0.25) is 0 Å². The largest absolute Gasteiger partial charge is 0.462 e. The predicted octanol–water partition coefficient (Wildman–Crippen LogP) is 2.94. The third-order valence-corrected chi connectivity index (χ3v) is 153. The topological polar surface area (TPSA) is 102 Å². The number of rotatable bonds is 1. The van der Waals surface area contributed by atoms with Crippen LogP contribution in [0.5, 0.6) is 0 Å². The van der Waals surface area contributed by atoms with E-state index in [4.69, 9.17) is 22.4 Å². The second-order valence-corrected chi connectivity index (χ2v) is 131. The predicted molar refractivity (Wildman–Crippen MR) is 637 cm³/mol. The lowest BCUT2D eigenvalue weighted by Gasteiger charge is -2.18. The van der Waals surface area contributed by atoms with Crippen LogP contribution in [-0.4, -0.2) is 66.8 Å². The number of amides is 1. The van der Waals surface area contributed by atoms with Gasteiger partial charge in [0.2, 0.25) is 0 Å². The number of methoxy groups -OCH3 is 2. The summed E-state index contributed by atoms with van der Waals surface area (Å²) in [6, 6.07) is 16.5. The number of hydrogen-bond acceptors (Lipinski definition) is 11. The summed E-state index contributed by atoms with van der Waals surface area (Å²) in [5.74, 6) is -0.405. The number of benzene rings is 2. The molecule has 0 spiro atoms. The Morgan fingerprint density at radius 1 is 0.340 bits per heavy atom. The minimum atomic E-state index is -1.09. The second kappa shape index (κ2) is 95.1. The molecule has 0 fully saturated rings. The Labute approximate surface area is 805 Å². The summed E-state index contributed by atoms with van der Waals surface area (Å²) in [5.41, 5.74) is 2.52. The normalized spacial score (nSPS) is 9.95. The van der Waals surface area contributed by atoms with Gasteiger partial charge in [-0.1, -0.05) is 36.4 Å². The monoisotopic (exact) mass is 2710 g/mol. The molecule has 2 aromatic rings. The zero-order chi connectivity index (χ0) is 74.3. The fraction of sp³-hybridized carbons (Fsp3) is 0.333. The van der Waals surface area contributed by atoms with Crippen molar-refractivity contribution in [2.75, 3.05) is 38.8 Å². The van der Waals surface area contributed by atoms with Crippen LogP contribution in [0, 0.1) is 0 Å². The van der Waals surface area contributed by atoms with Gasteiger partial charge in [-0.2, -0.15) is 0 Å². The number of nitrogens with zero attached hydrogens (tertiary/aromatic N) is 1. The van der Waals surface area contributed by atoms with E-state index in [2.05, 4.69) is 50.7 Å². The highest BCUT2D eigenvalue weighted by Crippen LogP contribution is 2.27. The SMILES string of the molecule is COC(=O)C(=O)Cl.COC(=O)C(=O)N1CCSc2ccccc2C1.S=S=S=S=S=S=S=S=S=S=S=S=S=S=S=S=S=S=S=S=S=S=S=S=S=S=S=S=S=S=S=S=S=S=S=S=S=S=S=S=S=S=S=S=S=S=S=S=S=S=S=S=S=S=S=S=S=S=S=S=S=S=S=S=S=S=S=S.c1ccc2c(c1)CNCCS2. The standard InChI is InChI=1S/C12H13NO3S.C9H11NS.C3H3ClO3.S68/c1-16-12(15)11(14)13-6-7-17-10-5-3-2-4-9(10)8-13;1-2-4-9-8(3-1)7-10-5-6-11-9;1-7-3(6)2(4)5;1-3-5-7-9-11-13-15-17-19-21-23-25-27-29-31-33-35-37-39-41-43-45-47-49-51-53-55-57-59-61-63-65-67-68-66-64-62-60-58-56-54-52-50-48-46-44-42-40-38-36-34-32-30-28-26-24-22-20-18-16-14-12-10-8-6-4-2/h2-5H,6-8H2,1H3;1-4,10H,5-7H2;1H3;. The van der Waals surface area contributed by atoms with Crippen LogP contribution < -0.4 is 5.32 Å². The quantitative estimate of drug-likeness (QED) is 0.260. The Hall–Kier alpha value is 12.4. The summed E-state index contributed by atoms with van der Waals surface area (Å²) >= 11 is 17.9. The molecule has 8 nitrogen and oxygen atoms in total. The maximum Gasteiger partial charge on any atom is 0.396 e. The van der Waals surface area contributed by atoms with Gasteiger partial charge < -0.3 is 19.7 Å². The summed E-state index contributed by atoms with van der Waals surface area (Å²) in [7, 11) is 121. The molecule has 1 N–H and O–H groups in total. The van der Waals surface area contributed by atoms with Crippen LogP contribution in [0.3, 0.4) is 0 Å². The number of fused-ring (bicyclic) bond motifs is 2. The lowest BCUT2D eigenvalue weighted by molar-refractivity contribution is -0.158. The molecule has 0 aromatic heterocycles. The Balaban J connectivity index is 0.00000119. The fourth-order valence-corrected chi connectivity index (χ4v) is 181. The van der Waals surface area contributed by atoms with Crippen LogP contribution in [-0.2, 0) is 650 Å². The Morgan fingerprint density at radius 2 is 0.563 bits per heavy atom. The third-order valence-electron chi connectivity index (χ3n) is 6.58. The molecule has 79 heteroatoms. The molecule has 4 rings (SSSR count).